The first-order valence-electron chi connectivity index (χ1n) is 9.18. The second kappa shape index (κ2) is 7.67. The number of hydrogen-bond acceptors (Lipinski definition) is 5. The predicted molar refractivity (Wildman–Crippen MR) is 115 cm³/mol. The molecule has 0 saturated carbocycles. The van der Waals surface area contributed by atoms with Gasteiger partial charge in [0.1, 0.15) is 11.3 Å². The van der Waals surface area contributed by atoms with Crippen molar-refractivity contribution in [3.8, 4) is 17.2 Å². The minimum atomic E-state index is -0.246. The molecule has 1 heterocycles. The zero-order valence-corrected chi connectivity index (χ0v) is 16.5. The maximum Gasteiger partial charge on any atom is 0.259 e. The average Bonchev–Trinajstić information content (AvgIpc) is 3.17. The van der Waals surface area contributed by atoms with E-state index in [1.165, 1.54) is 0 Å². The van der Waals surface area contributed by atoms with E-state index in [9.17, 15) is 4.79 Å². The first-order valence-corrected chi connectivity index (χ1v) is 9.18. The lowest BCUT2D eigenvalue weighted by Gasteiger charge is -2.11. The number of nitrogens with zero attached hydrogens (tertiary/aromatic N) is 2. The number of hydrogen-bond donors (Lipinski definition) is 1. The van der Waals surface area contributed by atoms with Gasteiger partial charge in [-0.3, -0.25) is 4.79 Å². The Morgan fingerprint density at radius 3 is 2.52 bits per heavy atom. The van der Waals surface area contributed by atoms with Crippen LogP contribution in [0.2, 0.25) is 0 Å². The van der Waals surface area contributed by atoms with Crippen molar-refractivity contribution in [1.82, 2.24) is 4.98 Å². The van der Waals surface area contributed by atoms with Crippen molar-refractivity contribution < 1.29 is 13.9 Å². The van der Waals surface area contributed by atoms with E-state index in [4.69, 9.17) is 9.15 Å². The Morgan fingerprint density at radius 2 is 1.79 bits per heavy atom. The molecule has 4 rings (SSSR count). The summed E-state index contributed by atoms with van der Waals surface area (Å²) in [7, 11) is 5.53. The predicted octanol–water partition coefficient (Wildman–Crippen LogP) is 4.82. The fourth-order valence-electron chi connectivity index (χ4n) is 3.06. The number of nitrogens with one attached hydrogen (secondary N) is 1. The van der Waals surface area contributed by atoms with Crippen LogP contribution in [0.15, 0.2) is 71.1 Å². The van der Waals surface area contributed by atoms with Gasteiger partial charge in [-0.05, 0) is 54.6 Å². The van der Waals surface area contributed by atoms with Crippen LogP contribution in [0, 0.1) is 0 Å². The SMILES string of the molecule is COc1ccccc1C(=O)Nc1ccc2oc(-c3ccc(N(C)C)cc3)nc2c1. The lowest BCUT2D eigenvalue weighted by Crippen LogP contribution is -2.13. The van der Waals surface area contributed by atoms with Gasteiger partial charge < -0.3 is 19.4 Å². The monoisotopic (exact) mass is 387 g/mol. The molecule has 0 spiro atoms. The molecule has 1 aromatic heterocycles. The van der Waals surface area contributed by atoms with Crippen LogP contribution < -0.4 is 15.0 Å². The number of methoxy groups -OCH3 is 1. The van der Waals surface area contributed by atoms with Crippen LogP contribution in [0.4, 0.5) is 11.4 Å². The number of anilines is 2. The van der Waals surface area contributed by atoms with Gasteiger partial charge in [-0.25, -0.2) is 4.98 Å². The van der Waals surface area contributed by atoms with Crippen LogP contribution in [0.1, 0.15) is 10.4 Å². The highest BCUT2D eigenvalue weighted by Gasteiger charge is 2.13. The number of ether oxygens (including phenoxy) is 1. The van der Waals surface area contributed by atoms with Crippen molar-refractivity contribution >= 4 is 28.4 Å². The van der Waals surface area contributed by atoms with Gasteiger partial charge in [0.2, 0.25) is 5.89 Å². The van der Waals surface area contributed by atoms with E-state index in [0.29, 0.717) is 34.0 Å². The molecule has 0 aliphatic carbocycles. The molecule has 1 amide bonds. The summed E-state index contributed by atoms with van der Waals surface area (Å²) < 4.78 is 11.1. The Bertz CT molecular complexity index is 1160. The molecule has 1 N–H and O–H groups in total. The molecule has 0 aliphatic heterocycles. The number of rotatable bonds is 5. The maximum atomic E-state index is 12.6. The number of fused-ring (bicyclic) bond motifs is 1. The van der Waals surface area contributed by atoms with Gasteiger partial charge in [0, 0.05) is 31.0 Å². The van der Waals surface area contributed by atoms with Crippen LogP contribution in [-0.4, -0.2) is 32.1 Å². The summed E-state index contributed by atoms with van der Waals surface area (Å²) in [4.78, 5) is 19.2. The fourth-order valence-corrected chi connectivity index (χ4v) is 3.06. The van der Waals surface area contributed by atoms with Gasteiger partial charge in [-0.2, -0.15) is 0 Å². The lowest BCUT2D eigenvalue weighted by molar-refractivity contribution is 0.102. The van der Waals surface area contributed by atoms with E-state index in [1.54, 1.807) is 43.5 Å². The zero-order valence-electron chi connectivity index (χ0n) is 16.5. The summed E-state index contributed by atoms with van der Waals surface area (Å²) in [5, 5.41) is 2.89. The molecule has 0 radical (unpaired) electrons. The smallest absolute Gasteiger partial charge is 0.259 e. The molecule has 29 heavy (non-hydrogen) atoms. The standard InChI is InChI=1S/C23H21N3O3/c1-26(2)17-11-8-15(9-12-17)23-25-19-14-16(10-13-21(19)29-23)24-22(27)18-6-4-5-7-20(18)28-3/h4-14H,1-3H3,(H,24,27). The van der Waals surface area contributed by atoms with E-state index in [1.807, 2.05) is 49.3 Å². The first-order chi connectivity index (χ1) is 14.0. The number of carbonyl (C=O) groups is 1. The second-order valence-corrected chi connectivity index (χ2v) is 6.80. The number of amides is 1. The molecule has 0 fully saturated rings. The highest BCUT2D eigenvalue weighted by atomic mass is 16.5. The lowest BCUT2D eigenvalue weighted by atomic mass is 10.2. The molecule has 4 aromatic rings. The maximum absolute atomic E-state index is 12.6. The number of oxazole rings is 1. The van der Waals surface area contributed by atoms with Gasteiger partial charge in [0.05, 0.1) is 12.7 Å². The number of carbonyl (C=O) groups excluding carboxylic acids is 1. The highest BCUT2D eigenvalue weighted by Crippen LogP contribution is 2.28. The minimum absolute atomic E-state index is 0.246. The molecular formula is C23H21N3O3. The summed E-state index contributed by atoms with van der Waals surface area (Å²) in [5.41, 5.74) is 4.44. The van der Waals surface area contributed by atoms with Crippen molar-refractivity contribution in [2.24, 2.45) is 0 Å². The largest absolute Gasteiger partial charge is 0.496 e. The molecule has 6 nitrogen and oxygen atoms in total. The number of aromatic nitrogens is 1. The van der Waals surface area contributed by atoms with E-state index in [-0.39, 0.29) is 5.91 Å². The van der Waals surface area contributed by atoms with E-state index in [2.05, 4.69) is 10.3 Å². The third kappa shape index (κ3) is 3.78. The Hall–Kier alpha value is -3.80. The van der Waals surface area contributed by atoms with Crippen molar-refractivity contribution in [2.75, 3.05) is 31.4 Å². The van der Waals surface area contributed by atoms with Gasteiger partial charge in [0.15, 0.2) is 5.58 Å². The van der Waals surface area contributed by atoms with Crippen LogP contribution >= 0.6 is 0 Å². The summed E-state index contributed by atoms with van der Waals surface area (Å²) in [6.45, 7) is 0. The van der Waals surface area contributed by atoms with Crippen molar-refractivity contribution in [3.05, 3.63) is 72.3 Å². The van der Waals surface area contributed by atoms with Gasteiger partial charge in [-0.1, -0.05) is 12.1 Å². The molecular weight excluding hydrogens is 366 g/mol. The van der Waals surface area contributed by atoms with Gasteiger partial charge in [0.25, 0.3) is 5.91 Å². The topological polar surface area (TPSA) is 67.6 Å². The molecule has 0 unspecified atom stereocenters. The first kappa shape index (κ1) is 18.6. The third-order valence-electron chi connectivity index (χ3n) is 4.63. The average molecular weight is 387 g/mol. The Labute approximate surface area is 168 Å². The van der Waals surface area contributed by atoms with E-state index in [0.717, 1.165) is 11.3 Å². The Kier molecular flexibility index (Phi) is 4.91. The number of benzene rings is 3. The van der Waals surface area contributed by atoms with Crippen molar-refractivity contribution in [3.63, 3.8) is 0 Å². The molecule has 0 saturated heterocycles. The van der Waals surface area contributed by atoms with Crippen LogP contribution in [0.5, 0.6) is 5.75 Å². The molecule has 146 valence electrons. The quantitative estimate of drug-likeness (QED) is 0.532. The minimum Gasteiger partial charge on any atom is -0.496 e. The van der Waals surface area contributed by atoms with Crippen LogP contribution in [0.3, 0.4) is 0 Å². The van der Waals surface area contributed by atoms with Crippen LogP contribution in [-0.2, 0) is 0 Å². The van der Waals surface area contributed by atoms with Crippen molar-refractivity contribution in [1.29, 1.82) is 0 Å². The number of para-hydroxylation sites is 1. The highest BCUT2D eigenvalue weighted by molar-refractivity contribution is 6.06. The Balaban J connectivity index is 1.59. The van der Waals surface area contributed by atoms with Crippen molar-refractivity contribution in [2.45, 2.75) is 0 Å². The van der Waals surface area contributed by atoms with E-state index >= 15 is 0 Å². The molecule has 6 heteroatoms. The fraction of sp³-hybridized carbons (Fsp3) is 0.130. The molecule has 0 bridgehead atoms. The summed E-state index contributed by atoms with van der Waals surface area (Å²) in [6.07, 6.45) is 0. The Morgan fingerprint density at radius 1 is 1.03 bits per heavy atom. The normalized spacial score (nSPS) is 10.7. The zero-order chi connectivity index (χ0) is 20.4. The third-order valence-corrected chi connectivity index (χ3v) is 4.63. The van der Waals surface area contributed by atoms with E-state index < -0.39 is 0 Å². The second-order valence-electron chi connectivity index (χ2n) is 6.80. The molecule has 0 atom stereocenters. The molecule has 3 aromatic carbocycles. The summed E-state index contributed by atoms with van der Waals surface area (Å²) in [6, 6.07) is 20.5. The summed E-state index contributed by atoms with van der Waals surface area (Å²) >= 11 is 0. The van der Waals surface area contributed by atoms with Gasteiger partial charge in [-0.15, -0.1) is 0 Å². The van der Waals surface area contributed by atoms with Gasteiger partial charge >= 0.3 is 0 Å². The summed E-state index contributed by atoms with van der Waals surface area (Å²) in [5.74, 6) is 0.819. The van der Waals surface area contributed by atoms with Crippen LogP contribution in [0.25, 0.3) is 22.6 Å². The molecule has 0 aliphatic rings.